The molecular weight excluding hydrogens is 196 g/mol. The van der Waals surface area contributed by atoms with Gasteiger partial charge in [0.1, 0.15) is 11.5 Å². The van der Waals surface area contributed by atoms with Crippen LogP contribution in [-0.2, 0) is 14.3 Å². The number of carboxylic acid groups (broad SMARTS) is 1. The number of rotatable bonds is 4. The van der Waals surface area contributed by atoms with Crippen LogP contribution < -0.4 is 0 Å². The van der Waals surface area contributed by atoms with Crippen LogP contribution in [0.4, 0.5) is 0 Å². The van der Waals surface area contributed by atoms with Crippen molar-refractivity contribution in [3.8, 4) is 0 Å². The Balaban J connectivity index is 2.84. The molecule has 4 nitrogen and oxygen atoms in total. The fourth-order valence-corrected chi connectivity index (χ4v) is 2.50. The van der Waals surface area contributed by atoms with Gasteiger partial charge in [0.15, 0.2) is 0 Å². The molecule has 0 aliphatic heterocycles. The molecule has 0 saturated heterocycles. The first-order chi connectivity index (χ1) is 7.03. The molecule has 0 bridgehead atoms. The summed E-state index contributed by atoms with van der Waals surface area (Å²) in [5.74, 6) is -1.21. The Morgan fingerprint density at radius 1 is 1.53 bits per heavy atom. The van der Waals surface area contributed by atoms with Crippen molar-refractivity contribution in [3.63, 3.8) is 0 Å². The van der Waals surface area contributed by atoms with Gasteiger partial charge in [-0.05, 0) is 25.7 Å². The van der Waals surface area contributed by atoms with Crippen molar-refractivity contribution in [1.29, 1.82) is 0 Å². The van der Waals surface area contributed by atoms with E-state index in [1.54, 1.807) is 0 Å². The second-order valence-corrected chi connectivity index (χ2v) is 4.20. The first-order valence-electron chi connectivity index (χ1n) is 5.43. The van der Waals surface area contributed by atoms with Gasteiger partial charge in [0.2, 0.25) is 0 Å². The van der Waals surface area contributed by atoms with E-state index in [2.05, 4.69) is 0 Å². The predicted molar refractivity (Wildman–Crippen MR) is 54.4 cm³/mol. The van der Waals surface area contributed by atoms with E-state index in [0.29, 0.717) is 19.3 Å². The molecule has 0 amide bonds. The van der Waals surface area contributed by atoms with Crippen molar-refractivity contribution in [3.05, 3.63) is 0 Å². The molecule has 1 saturated carbocycles. The Hall–Kier alpha value is -1.06. The number of ether oxygens (including phenoxy) is 1. The summed E-state index contributed by atoms with van der Waals surface area (Å²) in [6, 6.07) is 0. The topological polar surface area (TPSA) is 63.6 Å². The minimum absolute atomic E-state index is 0.386. The number of hydrogen-bond acceptors (Lipinski definition) is 3. The molecule has 0 aromatic heterocycles. The molecule has 0 radical (unpaired) electrons. The van der Waals surface area contributed by atoms with Crippen LogP contribution in [0.15, 0.2) is 0 Å². The SMILES string of the molecule is CCCC1(C(=O)O)CCCC1OC(C)=O. The molecule has 1 N–H and O–H groups in total. The lowest BCUT2D eigenvalue weighted by molar-refractivity contribution is -0.165. The van der Waals surface area contributed by atoms with E-state index in [0.717, 1.165) is 12.8 Å². The zero-order chi connectivity index (χ0) is 11.5. The van der Waals surface area contributed by atoms with E-state index in [1.807, 2.05) is 6.92 Å². The van der Waals surface area contributed by atoms with Crippen LogP contribution in [0.25, 0.3) is 0 Å². The van der Waals surface area contributed by atoms with Crippen LogP contribution in [-0.4, -0.2) is 23.1 Å². The zero-order valence-electron chi connectivity index (χ0n) is 9.28. The van der Waals surface area contributed by atoms with E-state index < -0.39 is 17.5 Å². The highest BCUT2D eigenvalue weighted by molar-refractivity contribution is 5.77. The summed E-state index contributed by atoms with van der Waals surface area (Å²) in [4.78, 5) is 22.2. The molecule has 0 heterocycles. The van der Waals surface area contributed by atoms with Gasteiger partial charge >= 0.3 is 11.9 Å². The molecule has 4 heteroatoms. The number of carbonyl (C=O) groups is 2. The lowest BCUT2D eigenvalue weighted by Crippen LogP contribution is -2.40. The van der Waals surface area contributed by atoms with Crippen LogP contribution in [0, 0.1) is 5.41 Å². The van der Waals surface area contributed by atoms with Gasteiger partial charge in [0.25, 0.3) is 0 Å². The van der Waals surface area contributed by atoms with Crippen LogP contribution in [0.2, 0.25) is 0 Å². The molecule has 0 aromatic rings. The van der Waals surface area contributed by atoms with E-state index in [1.165, 1.54) is 6.92 Å². The number of hydrogen-bond donors (Lipinski definition) is 1. The Bertz CT molecular complexity index is 261. The highest BCUT2D eigenvalue weighted by Gasteiger charge is 2.50. The quantitative estimate of drug-likeness (QED) is 0.727. The molecule has 15 heavy (non-hydrogen) atoms. The third-order valence-electron chi connectivity index (χ3n) is 3.14. The van der Waals surface area contributed by atoms with E-state index in [-0.39, 0.29) is 5.97 Å². The summed E-state index contributed by atoms with van der Waals surface area (Å²) in [6.45, 7) is 3.28. The van der Waals surface area contributed by atoms with E-state index in [9.17, 15) is 14.7 Å². The molecule has 1 fully saturated rings. The summed E-state index contributed by atoms with van der Waals surface area (Å²) >= 11 is 0. The van der Waals surface area contributed by atoms with Crippen LogP contribution in [0.5, 0.6) is 0 Å². The van der Waals surface area contributed by atoms with Gasteiger partial charge in [-0.1, -0.05) is 13.3 Å². The number of esters is 1. The fraction of sp³-hybridized carbons (Fsp3) is 0.818. The minimum Gasteiger partial charge on any atom is -0.481 e. The van der Waals surface area contributed by atoms with Crippen molar-refractivity contribution in [2.24, 2.45) is 5.41 Å². The molecule has 2 unspecified atom stereocenters. The average Bonchev–Trinajstić information content (AvgIpc) is 2.49. The highest BCUT2D eigenvalue weighted by Crippen LogP contribution is 2.44. The first kappa shape index (κ1) is 12.0. The van der Waals surface area contributed by atoms with Crippen molar-refractivity contribution >= 4 is 11.9 Å². The molecule has 1 aliphatic carbocycles. The van der Waals surface area contributed by atoms with Crippen molar-refractivity contribution < 1.29 is 19.4 Å². The van der Waals surface area contributed by atoms with Gasteiger partial charge < -0.3 is 9.84 Å². The Morgan fingerprint density at radius 2 is 2.20 bits per heavy atom. The molecule has 0 aromatic carbocycles. The third-order valence-corrected chi connectivity index (χ3v) is 3.14. The average molecular weight is 214 g/mol. The summed E-state index contributed by atoms with van der Waals surface area (Å²) in [5, 5.41) is 9.29. The number of carboxylic acids is 1. The first-order valence-corrected chi connectivity index (χ1v) is 5.43. The van der Waals surface area contributed by atoms with Gasteiger partial charge in [0.05, 0.1) is 0 Å². The summed E-state index contributed by atoms with van der Waals surface area (Å²) < 4.78 is 5.12. The molecule has 1 rings (SSSR count). The Kier molecular flexibility index (Phi) is 3.72. The standard InChI is InChI=1S/C11H18O4/c1-3-6-11(10(13)14)7-4-5-9(11)15-8(2)12/h9H,3-7H2,1-2H3,(H,13,14). The van der Waals surface area contributed by atoms with Crippen LogP contribution >= 0.6 is 0 Å². The molecule has 1 aliphatic rings. The summed E-state index contributed by atoms with van der Waals surface area (Å²) in [6.07, 6.45) is 3.06. The second kappa shape index (κ2) is 4.64. The molecular formula is C11H18O4. The minimum atomic E-state index is -0.833. The lowest BCUT2D eigenvalue weighted by atomic mass is 9.80. The Labute approximate surface area is 89.6 Å². The van der Waals surface area contributed by atoms with Gasteiger partial charge in [-0.15, -0.1) is 0 Å². The summed E-state index contributed by atoms with van der Waals surface area (Å²) in [5.41, 5.74) is -0.833. The van der Waals surface area contributed by atoms with Crippen LogP contribution in [0.1, 0.15) is 46.0 Å². The predicted octanol–water partition coefficient (Wildman–Crippen LogP) is 1.97. The monoisotopic (exact) mass is 214 g/mol. The van der Waals surface area contributed by atoms with Crippen molar-refractivity contribution in [1.82, 2.24) is 0 Å². The maximum absolute atomic E-state index is 11.3. The largest absolute Gasteiger partial charge is 0.481 e. The maximum atomic E-state index is 11.3. The van der Waals surface area contributed by atoms with Gasteiger partial charge in [-0.3, -0.25) is 9.59 Å². The Morgan fingerprint density at radius 3 is 2.67 bits per heavy atom. The molecule has 86 valence electrons. The fourth-order valence-electron chi connectivity index (χ4n) is 2.50. The normalized spacial score (nSPS) is 30.1. The summed E-state index contributed by atoms with van der Waals surface area (Å²) in [7, 11) is 0. The smallest absolute Gasteiger partial charge is 0.313 e. The maximum Gasteiger partial charge on any atom is 0.313 e. The number of aliphatic carboxylic acids is 1. The lowest BCUT2D eigenvalue weighted by Gasteiger charge is -2.30. The van der Waals surface area contributed by atoms with Gasteiger partial charge in [0, 0.05) is 6.92 Å². The van der Waals surface area contributed by atoms with E-state index >= 15 is 0 Å². The molecule has 2 atom stereocenters. The van der Waals surface area contributed by atoms with Crippen LogP contribution in [0.3, 0.4) is 0 Å². The number of carbonyl (C=O) groups excluding carboxylic acids is 1. The third kappa shape index (κ3) is 2.30. The van der Waals surface area contributed by atoms with Crippen molar-refractivity contribution in [2.45, 2.75) is 52.1 Å². The molecule has 0 spiro atoms. The van der Waals surface area contributed by atoms with Crippen molar-refractivity contribution in [2.75, 3.05) is 0 Å². The van der Waals surface area contributed by atoms with E-state index in [4.69, 9.17) is 4.74 Å². The van der Waals surface area contributed by atoms with Gasteiger partial charge in [-0.2, -0.15) is 0 Å². The zero-order valence-corrected chi connectivity index (χ0v) is 9.28. The highest BCUT2D eigenvalue weighted by atomic mass is 16.5. The second-order valence-electron chi connectivity index (χ2n) is 4.20. The van der Waals surface area contributed by atoms with Gasteiger partial charge in [-0.25, -0.2) is 0 Å².